The van der Waals surface area contributed by atoms with Gasteiger partial charge in [-0.05, 0) is 50.8 Å². The first-order chi connectivity index (χ1) is 11.0. The van der Waals surface area contributed by atoms with Crippen LogP contribution in [0.4, 0.5) is 0 Å². The molecular weight excluding hydrogens is 326 g/mol. The lowest BCUT2D eigenvalue weighted by molar-refractivity contribution is 0.110. The van der Waals surface area contributed by atoms with E-state index in [1.165, 1.54) is 12.8 Å². The highest BCUT2D eigenvalue weighted by atomic mass is 35.5. The van der Waals surface area contributed by atoms with Crippen LogP contribution in [0.15, 0.2) is 17.1 Å². The van der Waals surface area contributed by atoms with Gasteiger partial charge in [0, 0.05) is 19.6 Å². The largest absolute Gasteiger partial charge is 0.507 e. The van der Waals surface area contributed by atoms with E-state index in [1.807, 2.05) is 26.0 Å². The minimum atomic E-state index is -0.334. The van der Waals surface area contributed by atoms with Crippen LogP contribution in [0.25, 0.3) is 0 Å². The van der Waals surface area contributed by atoms with Crippen LogP contribution in [0.2, 0.25) is 0 Å². The third-order valence-corrected chi connectivity index (χ3v) is 4.10. The number of aryl methyl sites for hydroxylation is 1. The van der Waals surface area contributed by atoms with Crippen molar-refractivity contribution >= 4 is 18.1 Å². The number of halogens is 1. The molecule has 136 valence electrons. The summed E-state index contributed by atoms with van der Waals surface area (Å²) in [6.07, 6.45) is 5.75. The van der Waals surface area contributed by atoms with Crippen LogP contribution in [0.3, 0.4) is 0 Å². The summed E-state index contributed by atoms with van der Waals surface area (Å²) in [6.45, 7) is 6.96. The molecule has 1 aromatic rings. The molecule has 0 saturated carbocycles. The van der Waals surface area contributed by atoms with Crippen molar-refractivity contribution in [3.05, 3.63) is 23.3 Å². The van der Waals surface area contributed by atoms with Crippen LogP contribution in [0.1, 0.15) is 64.0 Å². The lowest BCUT2D eigenvalue weighted by atomic mass is 9.90. The summed E-state index contributed by atoms with van der Waals surface area (Å²) in [5.74, 6) is 0.989. The number of fused-ring (bicyclic) bond motifs is 1. The molecular formula is C19H30ClNO3. The second kappa shape index (κ2) is 9.28. The Labute approximate surface area is 151 Å². The monoisotopic (exact) mass is 355 g/mol. The smallest absolute Gasteiger partial charge is 0.133 e. The molecule has 5 heteroatoms. The van der Waals surface area contributed by atoms with Crippen molar-refractivity contribution in [1.29, 1.82) is 0 Å². The van der Waals surface area contributed by atoms with Crippen molar-refractivity contribution < 1.29 is 14.9 Å². The van der Waals surface area contributed by atoms with E-state index in [2.05, 4.69) is 11.9 Å². The quantitative estimate of drug-likeness (QED) is 0.717. The average Bonchev–Trinajstić information content (AvgIpc) is 2.45. The maximum Gasteiger partial charge on any atom is 0.133 e. The van der Waals surface area contributed by atoms with Crippen LogP contribution in [-0.2, 0) is 6.42 Å². The fraction of sp³-hybridized carbons (Fsp3) is 0.632. The van der Waals surface area contributed by atoms with E-state index < -0.39 is 0 Å². The number of hydrogen-bond acceptors (Lipinski definition) is 4. The van der Waals surface area contributed by atoms with E-state index in [-0.39, 0.29) is 30.4 Å². The molecule has 1 aliphatic rings. The van der Waals surface area contributed by atoms with E-state index in [0.717, 1.165) is 35.4 Å². The van der Waals surface area contributed by atoms with Gasteiger partial charge in [0.15, 0.2) is 0 Å². The number of hydrogen-bond donors (Lipinski definition) is 2. The van der Waals surface area contributed by atoms with E-state index in [4.69, 9.17) is 9.84 Å². The number of benzene rings is 1. The Morgan fingerprint density at radius 3 is 2.62 bits per heavy atom. The van der Waals surface area contributed by atoms with Gasteiger partial charge < -0.3 is 14.9 Å². The number of aliphatic hydroxyl groups excluding tert-OH is 1. The first-order valence-electron chi connectivity index (χ1n) is 8.66. The molecule has 0 radical (unpaired) electrons. The molecule has 4 nitrogen and oxygen atoms in total. The maximum atomic E-state index is 10.5. The van der Waals surface area contributed by atoms with Gasteiger partial charge in [0.25, 0.3) is 0 Å². The van der Waals surface area contributed by atoms with E-state index in [9.17, 15) is 5.11 Å². The number of phenols is 1. The van der Waals surface area contributed by atoms with Crippen molar-refractivity contribution in [2.45, 2.75) is 64.9 Å². The summed E-state index contributed by atoms with van der Waals surface area (Å²) in [7, 11) is 0. The first kappa shape index (κ1) is 20.8. The van der Waals surface area contributed by atoms with Gasteiger partial charge in [0.2, 0.25) is 0 Å². The summed E-state index contributed by atoms with van der Waals surface area (Å²) in [4.78, 5) is 4.59. The maximum absolute atomic E-state index is 10.5. The van der Waals surface area contributed by atoms with Gasteiger partial charge in [-0.1, -0.05) is 19.8 Å². The second-order valence-electron chi connectivity index (χ2n) is 6.89. The van der Waals surface area contributed by atoms with E-state index in [0.29, 0.717) is 19.4 Å². The summed E-state index contributed by atoms with van der Waals surface area (Å²) in [5.41, 5.74) is 2.38. The number of rotatable bonds is 7. The molecule has 2 rings (SSSR count). The second-order valence-corrected chi connectivity index (χ2v) is 6.89. The SMILES string of the molecule is CCCCCc1cc(O)c2c(c1)OC(C)(C)CC2=NCCCO.Cl. The Kier molecular flexibility index (Phi) is 8.04. The predicted octanol–water partition coefficient (Wildman–Crippen LogP) is 4.28. The number of aliphatic imine (C=N–C) groups is 1. The highest BCUT2D eigenvalue weighted by molar-refractivity contribution is 6.06. The number of ether oxygens (including phenoxy) is 1. The van der Waals surface area contributed by atoms with Crippen LogP contribution in [0.5, 0.6) is 11.5 Å². The third-order valence-electron chi connectivity index (χ3n) is 4.10. The molecule has 24 heavy (non-hydrogen) atoms. The Balaban J connectivity index is 0.00000288. The number of aromatic hydroxyl groups is 1. The Bertz CT molecular complexity index is 570. The Morgan fingerprint density at radius 1 is 1.21 bits per heavy atom. The third kappa shape index (κ3) is 5.38. The van der Waals surface area contributed by atoms with Crippen molar-refractivity contribution in [1.82, 2.24) is 0 Å². The molecule has 2 N–H and O–H groups in total. The van der Waals surface area contributed by atoms with Gasteiger partial charge in [-0.3, -0.25) is 4.99 Å². The van der Waals surface area contributed by atoms with Gasteiger partial charge in [-0.15, -0.1) is 12.4 Å². The highest BCUT2D eigenvalue weighted by Gasteiger charge is 2.33. The number of nitrogens with zero attached hydrogens (tertiary/aromatic N) is 1. The molecule has 0 fully saturated rings. The zero-order valence-corrected chi connectivity index (χ0v) is 15.8. The van der Waals surface area contributed by atoms with Crippen LogP contribution in [0, 0.1) is 0 Å². The van der Waals surface area contributed by atoms with E-state index in [1.54, 1.807) is 0 Å². The molecule has 1 heterocycles. The molecule has 0 aliphatic carbocycles. The lowest BCUT2D eigenvalue weighted by Crippen LogP contribution is -2.36. The van der Waals surface area contributed by atoms with Crippen LogP contribution in [-0.4, -0.2) is 34.7 Å². The fourth-order valence-corrected chi connectivity index (χ4v) is 3.00. The van der Waals surface area contributed by atoms with Crippen molar-refractivity contribution in [2.24, 2.45) is 4.99 Å². The van der Waals surface area contributed by atoms with Crippen molar-refractivity contribution in [3.8, 4) is 11.5 Å². The molecule has 0 aromatic heterocycles. The van der Waals surface area contributed by atoms with Gasteiger partial charge >= 0.3 is 0 Å². The summed E-state index contributed by atoms with van der Waals surface area (Å²) < 4.78 is 6.09. The minimum absolute atomic E-state index is 0. The molecule has 0 bridgehead atoms. The number of unbranched alkanes of at least 4 members (excludes halogenated alkanes) is 2. The molecule has 1 aromatic carbocycles. The normalized spacial score (nSPS) is 17.1. The standard InChI is InChI=1S/C19H29NO3.ClH/c1-4-5-6-8-14-11-16(22)18-15(20-9-7-10-21)13-19(2,3)23-17(18)12-14;/h11-12,21-22H,4-10,13H2,1-3H3;1H. The molecule has 0 amide bonds. The van der Waals surface area contributed by atoms with Crippen molar-refractivity contribution in [2.75, 3.05) is 13.2 Å². The van der Waals surface area contributed by atoms with Gasteiger partial charge in [0.1, 0.15) is 17.1 Å². The Morgan fingerprint density at radius 2 is 1.96 bits per heavy atom. The zero-order valence-electron chi connectivity index (χ0n) is 15.0. The topological polar surface area (TPSA) is 62.0 Å². The molecule has 0 atom stereocenters. The Hall–Kier alpha value is -1.26. The van der Waals surface area contributed by atoms with Gasteiger partial charge in [-0.2, -0.15) is 0 Å². The van der Waals surface area contributed by atoms with Crippen LogP contribution < -0.4 is 4.74 Å². The van der Waals surface area contributed by atoms with E-state index >= 15 is 0 Å². The fourth-order valence-electron chi connectivity index (χ4n) is 3.00. The average molecular weight is 356 g/mol. The zero-order chi connectivity index (χ0) is 16.9. The van der Waals surface area contributed by atoms with Gasteiger partial charge in [0.05, 0.1) is 11.3 Å². The predicted molar refractivity (Wildman–Crippen MR) is 101 cm³/mol. The first-order valence-corrected chi connectivity index (χ1v) is 8.66. The number of aliphatic hydroxyl groups is 1. The summed E-state index contributed by atoms with van der Waals surface area (Å²) in [6, 6.07) is 3.89. The van der Waals surface area contributed by atoms with Gasteiger partial charge in [-0.25, -0.2) is 0 Å². The van der Waals surface area contributed by atoms with Crippen LogP contribution >= 0.6 is 12.4 Å². The summed E-state index contributed by atoms with van der Waals surface area (Å²) >= 11 is 0. The number of phenolic OH excluding ortho intramolecular Hbond substituents is 1. The summed E-state index contributed by atoms with van der Waals surface area (Å²) in [5, 5.41) is 19.4. The highest BCUT2D eigenvalue weighted by Crippen LogP contribution is 2.39. The molecule has 0 unspecified atom stereocenters. The lowest BCUT2D eigenvalue weighted by Gasteiger charge is -2.34. The molecule has 1 aliphatic heterocycles. The molecule has 0 saturated heterocycles. The molecule has 0 spiro atoms. The minimum Gasteiger partial charge on any atom is -0.507 e. The van der Waals surface area contributed by atoms with Crippen molar-refractivity contribution in [3.63, 3.8) is 0 Å².